The van der Waals surface area contributed by atoms with Crippen LogP contribution in [0.25, 0.3) is 0 Å². The summed E-state index contributed by atoms with van der Waals surface area (Å²) < 4.78 is 5.17. The van der Waals surface area contributed by atoms with Crippen LogP contribution < -0.4 is 5.32 Å². The Kier molecular flexibility index (Phi) is 4.30. The lowest BCUT2D eigenvalue weighted by atomic mass is 9.89. The van der Waals surface area contributed by atoms with E-state index < -0.39 is 17.4 Å². The van der Waals surface area contributed by atoms with E-state index in [0.29, 0.717) is 23.8 Å². The van der Waals surface area contributed by atoms with Crippen molar-refractivity contribution in [1.82, 2.24) is 5.32 Å². The summed E-state index contributed by atoms with van der Waals surface area (Å²) in [7, 11) is 0. The average Bonchev–Trinajstić information content (AvgIpc) is 2.42. The van der Waals surface area contributed by atoms with E-state index in [1.165, 1.54) is 0 Å². The SMILES string of the molecule is Cc1ccc(Cl)cc1C(=O)NC1(C(=O)O)CCOCC1. The minimum absolute atomic E-state index is 0.258. The van der Waals surface area contributed by atoms with Crippen LogP contribution in [-0.2, 0) is 9.53 Å². The number of rotatable bonds is 3. The van der Waals surface area contributed by atoms with Gasteiger partial charge in [0.05, 0.1) is 0 Å². The minimum atomic E-state index is -1.26. The maximum Gasteiger partial charge on any atom is 0.329 e. The number of carbonyl (C=O) groups is 2. The number of hydrogen-bond donors (Lipinski definition) is 2. The molecule has 1 aromatic rings. The van der Waals surface area contributed by atoms with Gasteiger partial charge < -0.3 is 15.2 Å². The number of halogens is 1. The van der Waals surface area contributed by atoms with Crippen LogP contribution in [0.15, 0.2) is 18.2 Å². The molecular weight excluding hydrogens is 282 g/mol. The van der Waals surface area contributed by atoms with Crippen molar-refractivity contribution in [3.63, 3.8) is 0 Å². The number of hydrogen-bond acceptors (Lipinski definition) is 3. The Bertz CT molecular complexity index is 538. The number of aliphatic carboxylic acids is 1. The molecule has 1 aromatic carbocycles. The van der Waals surface area contributed by atoms with Crippen LogP contribution in [0.1, 0.15) is 28.8 Å². The molecule has 0 aromatic heterocycles. The highest BCUT2D eigenvalue weighted by Gasteiger charge is 2.41. The zero-order chi connectivity index (χ0) is 14.8. The summed E-state index contributed by atoms with van der Waals surface area (Å²) in [6.07, 6.45) is 0.515. The maximum absolute atomic E-state index is 12.3. The van der Waals surface area contributed by atoms with E-state index in [-0.39, 0.29) is 12.8 Å². The lowest BCUT2D eigenvalue weighted by molar-refractivity contribution is -0.148. The van der Waals surface area contributed by atoms with Crippen LogP contribution >= 0.6 is 11.6 Å². The molecule has 0 atom stereocenters. The second kappa shape index (κ2) is 5.81. The Labute approximate surface area is 121 Å². The summed E-state index contributed by atoms with van der Waals surface area (Å²) in [6.45, 7) is 2.42. The van der Waals surface area contributed by atoms with Gasteiger partial charge in [0.1, 0.15) is 5.54 Å². The van der Waals surface area contributed by atoms with Gasteiger partial charge in [-0.25, -0.2) is 4.79 Å². The zero-order valence-corrected chi connectivity index (χ0v) is 11.9. The largest absolute Gasteiger partial charge is 0.480 e. The van der Waals surface area contributed by atoms with E-state index in [1.807, 2.05) is 0 Å². The Hall–Kier alpha value is -1.59. The van der Waals surface area contributed by atoms with E-state index in [1.54, 1.807) is 25.1 Å². The highest BCUT2D eigenvalue weighted by Crippen LogP contribution is 2.23. The highest BCUT2D eigenvalue weighted by atomic mass is 35.5. The van der Waals surface area contributed by atoms with Crippen molar-refractivity contribution in [3.05, 3.63) is 34.3 Å². The lowest BCUT2D eigenvalue weighted by Gasteiger charge is -2.34. The van der Waals surface area contributed by atoms with Crippen molar-refractivity contribution in [3.8, 4) is 0 Å². The van der Waals surface area contributed by atoms with Gasteiger partial charge in [-0.2, -0.15) is 0 Å². The molecule has 5 nitrogen and oxygen atoms in total. The molecule has 1 aliphatic rings. The molecule has 0 unspecified atom stereocenters. The molecule has 0 aliphatic carbocycles. The minimum Gasteiger partial charge on any atom is -0.480 e. The third-order valence-electron chi connectivity index (χ3n) is 3.55. The Morgan fingerprint density at radius 2 is 2.00 bits per heavy atom. The van der Waals surface area contributed by atoms with Gasteiger partial charge in [-0.15, -0.1) is 0 Å². The molecule has 0 bridgehead atoms. The normalized spacial score (nSPS) is 17.5. The maximum atomic E-state index is 12.3. The first-order valence-corrected chi connectivity index (χ1v) is 6.72. The monoisotopic (exact) mass is 297 g/mol. The second-order valence-corrected chi connectivity index (χ2v) is 5.35. The smallest absolute Gasteiger partial charge is 0.329 e. The quantitative estimate of drug-likeness (QED) is 0.895. The van der Waals surface area contributed by atoms with Gasteiger partial charge in [0.25, 0.3) is 5.91 Å². The predicted molar refractivity (Wildman–Crippen MR) is 74.1 cm³/mol. The van der Waals surface area contributed by atoms with Gasteiger partial charge in [0, 0.05) is 36.6 Å². The van der Waals surface area contributed by atoms with E-state index in [0.717, 1.165) is 5.56 Å². The molecule has 0 saturated carbocycles. The van der Waals surface area contributed by atoms with Crippen molar-refractivity contribution in [2.24, 2.45) is 0 Å². The molecular formula is C14H16ClNO4. The van der Waals surface area contributed by atoms with Gasteiger partial charge in [0.2, 0.25) is 0 Å². The van der Waals surface area contributed by atoms with Gasteiger partial charge >= 0.3 is 5.97 Å². The second-order valence-electron chi connectivity index (χ2n) is 4.91. The van der Waals surface area contributed by atoms with Crippen LogP contribution in [0.2, 0.25) is 5.02 Å². The van der Waals surface area contributed by atoms with Gasteiger partial charge in [-0.05, 0) is 24.6 Å². The first kappa shape index (κ1) is 14.8. The number of nitrogens with one attached hydrogen (secondary N) is 1. The Balaban J connectivity index is 2.24. The number of benzene rings is 1. The summed E-state index contributed by atoms with van der Waals surface area (Å²) in [5.41, 5.74) is -0.117. The van der Waals surface area contributed by atoms with Gasteiger partial charge in [0.15, 0.2) is 0 Å². The molecule has 0 spiro atoms. The van der Waals surface area contributed by atoms with E-state index in [2.05, 4.69) is 5.32 Å². The summed E-state index contributed by atoms with van der Waals surface area (Å²) in [5.74, 6) is -1.46. The van der Waals surface area contributed by atoms with Gasteiger partial charge in [-0.3, -0.25) is 4.79 Å². The first-order valence-electron chi connectivity index (χ1n) is 6.34. The fourth-order valence-corrected chi connectivity index (χ4v) is 2.41. The molecule has 1 amide bonds. The van der Waals surface area contributed by atoms with Crippen LogP contribution in [0.4, 0.5) is 0 Å². The number of aryl methyl sites for hydroxylation is 1. The summed E-state index contributed by atoms with van der Waals surface area (Å²) in [5, 5.41) is 12.5. The lowest BCUT2D eigenvalue weighted by Crippen LogP contribution is -2.57. The molecule has 2 rings (SSSR count). The van der Waals surface area contributed by atoms with Crippen molar-refractivity contribution < 1.29 is 19.4 Å². The number of amides is 1. The van der Waals surface area contributed by atoms with Crippen molar-refractivity contribution in [1.29, 1.82) is 0 Å². The zero-order valence-electron chi connectivity index (χ0n) is 11.1. The molecule has 20 heavy (non-hydrogen) atoms. The van der Waals surface area contributed by atoms with Gasteiger partial charge in [-0.1, -0.05) is 17.7 Å². The molecule has 1 saturated heterocycles. The predicted octanol–water partition coefficient (Wildman–Crippen LogP) is 2.01. The van der Waals surface area contributed by atoms with Crippen LogP contribution in [0, 0.1) is 6.92 Å². The fourth-order valence-electron chi connectivity index (χ4n) is 2.24. The third kappa shape index (κ3) is 2.94. The van der Waals surface area contributed by atoms with E-state index in [9.17, 15) is 14.7 Å². The fraction of sp³-hybridized carbons (Fsp3) is 0.429. The number of carboxylic acid groups (broad SMARTS) is 1. The van der Waals surface area contributed by atoms with Crippen LogP contribution in [0.5, 0.6) is 0 Å². The first-order chi connectivity index (χ1) is 9.44. The molecule has 2 N–H and O–H groups in total. The number of carboxylic acids is 1. The molecule has 1 aliphatic heterocycles. The van der Waals surface area contributed by atoms with E-state index in [4.69, 9.17) is 16.3 Å². The summed E-state index contributed by atoms with van der Waals surface area (Å²) >= 11 is 5.88. The summed E-state index contributed by atoms with van der Waals surface area (Å²) in [6, 6.07) is 4.96. The highest BCUT2D eigenvalue weighted by molar-refractivity contribution is 6.31. The van der Waals surface area contributed by atoms with Crippen LogP contribution in [-0.4, -0.2) is 35.7 Å². The third-order valence-corrected chi connectivity index (χ3v) is 3.79. The Morgan fingerprint density at radius 1 is 1.35 bits per heavy atom. The Morgan fingerprint density at radius 3 is 2.60 bits per heavy atom. The number of ether oxygens (including phenoxy) is 1. The van der Waals surface area contributed by atoms with Crippen LogP contribution in [0.3, 0.4) is 0 Å². The average molecular weight is 298 g/mol. The molecule has 1 heterocycles. The van der Waals surface area contributed by atoms with Crippen molar-refractivity contribution in [2.75, 3.05) is 13.2 Å². The molecule has 0 radical (unpaired) electrons. The standard InChI is InChI=1S/C14H16ClNO4/c1-9-2-3-10(15)8-11(9)12(17)16-14(13(18)19)4-6-20-7-5-14/h2-3,8H,4-7H2,1H3,(H,16,17)(H,18,19). The molecule has 108 valence electrons. The topological polar surface area (TPSA) is 75.6 Å². The summed E-state index contributed by atoms with van der Waals surface area (Å²) in [4.78, 5) is 23.8. The van der Waals surface area contributed by atoms with E-state index >= 15 is 0 Å². The molecule has 6 heteroatoms. The molecule has 1 fully saturated rings. The van der Waals surface area contributed by atoms with Crippen molar-refractivity contribution in [2.45, 2.75) is 25.3 Å². The number of carbonyl (C=O) groups excluding carboxylic acids is 1. The van der Waals surface area contributed by atoms with Crippen molar-refractivity contribution >= 4 is 23.5 Å².